The van der Waals surface area contributed by atoms with Crippen molar-refractivity contribution in [1.29, 1.82) is 0 Å². The Morgan fingerprint density at radius 1 is 1.02 bits per heavy atom. The molecule has 2 aromatic heterocycles. The second-order valence-electron chi connectivity index (χ2n) is 9.36. The second kappa shape index (κ2) is 12.2. The summed E-state index contributed by atoms with van der Waals surface area (Å²) in [6.07, 6.45) is 4.11. The van der Waals surface area contributed by atoms with E-state index < -0.39 is 11.9 Å². The van der Waals surface area contributed by atoms with Gasteiger partial charge in [0.2, 0.25) is 11.8 Å². The van der Waals surface area contributed by atoms with Crippen LogP contribution in [0, 0.1) is 20.8 Å². The minimum atomic E-state index is -1.13. The summed E-state index contributed by atoms with van der Waals surface area (Å²) in [4.78, 5) is 46.0. The van der Waals surface area contributed by atoms with Gasteiger partial charge in [-0.25, -0.2) is 14.8 Å². The zero-order valence-electron chi connectivity index (χ0n) is 22.8. The Labute approximate surface area is 232 Å². The molecule has 2 N–H and O–H groups in total. The van der Waals surface area contributed by atoms with E-state index in [1.54, 1.807) is 13.1 Å². The van der Waals surface area contributed by atoms with Crippen molar-refractivity contribution < 1.29 is 24.2 Å². The number of hydrogen-bond acceptors (Lipinski definition) is 6. The van der Waals surface area contributed by atoms with Crippen molar-refractivity contribution in [1.82, 2.24) is 15.3 Å². The summed E-state index contributed by atoms with van der Waals surface area (Å²) in [6, 6.07) is 16.5. The summed E-state index contributed by atoms with van der Waals surface area (Å²) in [5, 5.41) is 12.5. The van der Waals surface area contributed by atoms with Crippen LogP contribution in [0.5, 0.6) is 5.75 Å². The molecule has 0 radical (unpaired) electrons. The number of fused-ring (bicyclic) bond motifs is 1. The summed E-state index contributed by atoms with van der Waals surface area (Å²) in [6.45, 7) is 6.00. The molecule has 9 heteroatoms. The van der Waals surface area contributed by atoms with E-state index in [1.807, 2.05) is 63.2 Å². The standard InChI is InChI=1S/C31H30N4O5/c1-19-8-14-26(21(3)24(19)18-40-27-7-5-6-23-12-9-20(2)34-30(23)27)35(4)29(37)17-33-28(36)15-11-22-10-13-25(31(38)39)32-16-22/h5-16H,17-18H2,1-4H3,(H,33,36)(H,38,39). The quantitative estimate of drug-likeness (QED) is 0.298. The maximum absolute atomic E-state index is 12.9. The van der Waals surface area contributed by atoms with Gasteiger partial charge in [0, 0.05) is 36.1 Å². The maximum Gasteiger partial charge on any atom is 0.354 e. The summed E-state index contributed by atoms with van der Waals surface area (Å²) in [7, 11) is 1.67. The number of carbonyl (C=O) groups excluding carboxylic acids is 2. The van der Waals surface area contributed by atoms with Crippen LogP contribution in [-0.4, -0.2) is 46.5 Å². The predicted octanol–water partition coefficient (Wildman–Crippen LogP) is 4.62. The number of carboxylic acid groups (broad SMARTS) is 1. The number of nitrogens with zero attached hydrogens (tertiary/aromatic N) is 3. The van der Waals surface area contributed by atoms with Crippen LogP contribution in [0.25, 0.3) is 17.0 Å². The van der Waals surface area contributed by atoms with E-state index >= 15 is 0 Å². The Bertz CT molecular complexity index is 1610. The van der Waals surface area contributed by atoms with Crippen molar-refractivity contribution in [2.45, 2.75) is 27.4 Å². The molecule has 2 heterocycles. The lowest BCUT2D eigenvalue weighted by Crippen LogP contribution is -2.38. The fourth-order valence-electron chi connectivity index (χ4n) is 4.23. The number of para-hydroxylation sites is 1. The maximum atomic E-state index is 12.9. The first kappa shape index (κ1) is 28.0. The smallest absolute Gasteiger partial charge is 0.354 e. The zero-order chi connectivity index (χ0) is 28.8. The molecular formula is C31H30N4O5. The number of aromatic carboxylic acids is 1. The average molecular weight is 539 g/mol. The van der Waals surface area contributed by atoms with E-state index in [0.717, 1.165) is 39.0 Å². The normalized spacial score (nSPS) is 11.0. The van der Waals surface area contributed by atoms with Gasteiger partial charge >= 0.3 is 5.97 Å². The van der Waals surface area contributed by atoms with E-state index in [2.05, 4.69) is 15.3 Å². The fourth-order valence-corrected chi connectivity index (χ4v) is 4.23. The van der Waals surface area contributed by atoms with E-state index in [4.69, 9.17) is 9.84 Å². The number of benzene rings is 2. The van der Waals surface area contributed by atoms with Crippen molar-refractivity contribution in [2.24, 2.45) is 0 Å². The van der Waals surface area contributed by atoms with E-state index in [-0.39, 0.29) is 18.1 Å². The van der Waals surface area contributed by atoms with Crippen LogP contribution in [0.4, 0.5) is 5.69 Å². The van der Waals surface area contributed by atoms with Crippen molar-refractivity contribution in [3.05, 3.63) is 101 Å². The molecule has 0 fully saturated rings. The monoisotopic (exact) mass is 538 g/mol. The molecule has 0 bridgehead atoms. The Balaban J connectivity index is 1.40. The molecule has 0 unspecified atom stereocenters. The van der Waals surface area contributed by atoms with Gasteiger partial charge in [0.15, 0.2) is 0 Å². The Morgan fingerprint density at radius 2 is 1.82 bits per heavy atom. The summed E-state index contributed by atoms with van der Waals surface area (Å²) >= 11 is 0. The highest BCUT2D eigenvalue weighted by atomic mass is 16.5. The van der Waals surface area contributed by atoms with Gasteiger partial charge in [-0.1, -0.05) is 30.3 Å². The molecule has 2 aromatic carbocycles. The first-order chi connectivity index (χ1) is 19.1. The Morgan fingerprint density at radius 3 is 2.55 bits per heavy atom. The van der Waals surface area contributed by atoms with Crippen molar-refractivity contribution in [2.75, 3.05) is 18.5 Å². The number of hydrogen-bond donors (Lipinski definition) is 2. The lowest BCUT2D eigenvalue weighted by atomic mass is 10.0. The van der Waals surface area contributed by atoms with Gasteiger partial charge in [0.25, 0.3) is 0 Å². The van der Waals surface area contributed by atoms with Crippen LogP contribution in [-0.2, 0) is 16.2 Å². The number of anilines is 1. The topological polar surface area (TPSA) is 122 Å². The number of amides is 2. The number of aromatic nitrogens is 2. The Hall–Kier alpha value is -5.05. The van der Waals surface area contributed by atoms with Gasteiger partial charge in [-0.15, -0.1) is 0 Å². The molecule has 4 aromatic rings. The molecule has 204 valence electrons. The largest absolute Gasteiger partial charge is 0.487 e. The lowest BCUT2D eigenvalue weighted by molar-refractivity contribution is -0.122. The number of ether oxygens (including phenoxy) is 1. The second-order valence-corrected chi connectivity index (χ2v) is 9.36. The molecule has 0 saturated carbocycles. The van der Waals surface area contributed by atoms with Crippen molar-refractivity contribution >= 4 is 40.4 Å². The number of likely N-dealkylation sites (N-methyl/N-ethyl adjacent to an activating group) is 1. The number of carbonyl (C=O) groups is 3. The molecule has 9 nitrogen and oxygen atoms in total. The highest BCUT2D eigenvalue weighted by molar-refractivity contribution is 5.99. The zero-order valence-corrected chi connectivity index (χ0v) is 22.8. The minimum absolute atomic E-state index is 0.0861. The summed E-state index contributed by atoms with van der Waals surface area (Å²) in [5.74, 6) is -1.18. The molecule has 2 amide bonds. The molecule has 40 heavy (non-hydrogen) atoms. The van der Waals surface area contributed by atoms with Crippen LogP contribution in [0.1, 0.15) is 38.4 Å². The van der Waals surface area contributed by atoms with Gasteiger partial charge < -0.3 is 20.1 Å². The van der Waals surface area contributed by atoms with Gasteiger partial charge in [0.1, 0.15) is 23.6 Å². The number of nitrogens with one attached hydrogen (secondary N) is 1. The van der Waals surface area contributed by atoms with Gasteiger partial charge in [-0.05, 0) is 73.4 Å². The fraction of sp³-hybridized carbons (Fsp3) is 0.194. The number of rotatable bonds is 9. The molecular weight excluding hydrogens is 508 g/mol. The summed E-state index contributed by atoms with van der Waals surface area (Å²) in [5.41, 5.74) is 5.82. The van der Waals surface area contributed by atoms with Crippen molar-refractivity contribution in [3.8, 4) is 5.75 Å². The van der Waals surface area contributed by atoms with Gasteiger partial charge in [-0.3, -0.25) is 9.59 Å². The number of carboxylic acids is 1. The third kappa shape index (κ3) is 6.50. The highest BCUT2D eigenvalue weighted by Gasteiger charge is 2.17. The van der Waals surface area contributed by atoms with Crippen LogP contribution in [0.15, 0.2) is 66.9 Å². The first-order valence-corrected chi connectivity index (χ1v) is 12.6. The average Bonchev–Trinajstić information content (AvgIpc) is 2.94. The first-order valence-electron chi connectivity index (χ1n) is 12.6. The molecule has 0 atom stereocenters. The van der Waals surface area contributed by atoms with Gasteiger partial charge in [0.05, 0.1) is 6.54 Å². The SMILES string of the molecule is Cc1ccc2cccc(OCc3c(C)ccc(N(C)C(=O)CNC(=O)C=Cc4ccc(C(=O)O)nc4)c3C)c2n1. The predicted molar refractivity (Wildman–Crippen MR) is 153 cm³/mol. The summed E-state index contributed by atoms with van der Waals surface area (Å²) < 4.78 is 6.21. The van der Waals surface area contributed by atoms with E-state index in [9.17, 15) is 14.4 Å². The molecule has 0 saturated heterocycles. The van der Waals surface area contributed by atoms with Crippen LogP contribution in [0.3, 0.4) is 0 Å². The lowest BCUT2D eigenvalue weighted by Gasteiger charge is -2.23. The number of pyridine rings is 2. The molecule has 0 spiro atoms. The molecule has 4 rings (SSSR count). The van der Waals surface area contributed by atoms with E-state index in [0.29, 0.717) is 17.9 Å². The number of aryl methyl sites for hydroxylation is 2. The van der Waals surface area contributed by atoms with Gasteiger partial charge in [-0.2, -0.15) is 0 Å². The van der Waals surface area contributed by atoms with E-state index in [1.165, 1.54) is 29.3 Å². The molecule has 0 aliphatic heterocycles. The highest BCUT2D eigenvalue weighted by Crippen LogP contribution is 2.29. The Kier molecular flexibility index (Phi) is 8.54. The van der Waals surface area contributed by atoms with Crippen LogP contribution >= 0.6 is 0 Å². The van der Waals surface area contributed by atoms with Crippen LogP contribution < -0.4 is 15.0 Å². The third-order valence-corrected chi connectivity index (χ3v) is 6.58. The molecule has 0 aliphatic rings. The van der Waals surface area contributed by atoms with Crippen LogP contribution in [0.2, 0.25) is 0 Å². The minimum Gasteiger partial charge on any atom is -0.487 e. The van der Waals surface area contributed by atoms with Crippen molar-refractivity contribution in [3.63, 3.8) is 0 Å². The third-order valence-electron chi connectivity index (χ3n) is 6.58. The molecule has 0 aliphatic carbocycles.